The number of thiocarbonyl (C=S) groups is 1. The van der Waals surface area contributed by atoms with Crippen LogP contribution in [0.25, 0.3) is 0 Å². The standard InChI is InChI=1S/C9H9N2OS2/c1-12-11-8(6-13)7-14-9-2-4-10-5-3-9/h2-5H,7H2,1H3/b11-8-. The van der Waals surface area contributed by atoms with Crippen LogP contribution in [0.4, 0.5) is 0 Å². The molecule has 0 aliphatic carbocycles. The quantitative estimate of drug-likeness (QED) is 0.332. The molecule has 1 radical (unpaired) electrons. The van der Waals surface area contributed by atoms with Crippen LogP contribution < -0.4 is 0 Å². The summed E-state index contributed by atoms with van der Waals surface area (Å²) in [6.07, 6.45) is 3.49. The molecular formula is C9H9N2OS2. The number of hydrogen-bond donors (Lipinski definition) is 0. The van der Waals surface area contributed by atoms with E-state index in [1.807, 2.05) is 12.1 Å². The minimum absolute atomic E-state index is 0.629. The Kier molecular flexibility index (Phi) is 5.17. The van der Waals surface area contributed by atoms with E-state index in [-0.39, 0.29) is 0 Å². The largest absolute Gasteiger partial charge is 0.399 e. The van der Waals surface area contributed by atoms with E-state index in [0.29, 0.717) is 11.5 Å². The van der Waals surface area contributed by atoms with Gasteiger partial charge in [-0.05, 0) is 12.1 Å². The topological polar surface area (TPSA) is 34.5 Å². The van der Waals surface area contributed by atoms with Crippen molar-refractivity contribution in [3.05, 3.63) is 24.5 Å². The normalized spacial score (nSPS) is 11.1. The molecule has 5 heteroatoms. The number of rotatable bonds is 5. The first-order chi connectivity index (χ1) is 6.86. The van der Waals surface area contributed by atoms with Gasteiger partial charge in [0.05, 0.1) is 5.37 Å². The van der Waals surface area contributed by atoms with Gasteiger partial charge in [-0.15, -0.1) is 11.8 Å². The van der Waals surface area contributed by atoms with Crippen LogP contribution in [0.5, 0.6) is 0 Å². The zero-order valence-electron chi connectivity index (χ0n) is 7.64. The Hall–Kier alpha value is -0.940. The lowest BCUT2D eigenvalue weighted by Crippen LogP contribution is -2.02. The van der Waals surface area contributed by atoms with E-state index in [4.69, 9.17) is 0 Å². The van der Waals surface area contributed by atoms with Crippen LogP contribution in [0.3, 0.4) is 0 Å². The Balaban J connectivity index is 2.48. The second-order valence-electron chi connectivity index (χ2n) is 2.29. The molecule has 0 bridgehead atoms. The third-order valence-electron chi connectivity index (χ3n) is 1.34. The van der Waals surface area contributed by atoms with Crippen LogP contribution in [0.2, 0.25) is 0 Å². The van der Waals surface area contributed by atoms with E-state index in [0.717, 1.165) is 4.90 Å². The molecule has 0 aliphatic rings. The van der Waals surface area contributed by atoms with Gasteiger partial charge in [0, 0.05) is 23.0 Å². The van der Waals surface area contributed by atoms with Crippen molar-refractivity contribution in [2.45, 2.75) is 4.90 Å². The first-order valence-corrected chi connectivity index (χ1v) is 5.27. The fourth-order valence-electron chi connectivity index (χ4n) is 0.771. The number of pyridine rings is 1. The van der Waals surface area contributed by atoms with Gasteiger partial charge >= 0.3 is 0 Å². The lowest BCUT2D eigenvalue weighted by Gasteiger charge is -1.99. The second-order valence-corrected chi connectivity index (χ2v) is 3.55. The molecule has 1 heterocycles. The number of hydrogen-bond acceptors (Lipinski definition) is 5. The van der Waals surface area contributed by atoms with Crippen molar-refractivity contribution in [3.63, 3.8) is 0 Å². The number of oxime groups is 1. The molecule has 0 N–H and O–H groups in total. The monoisotopic (exact) mass is 225 g/mol. The lowest BCUT2D eigenvalue weighted by atomic mass is 10.5. The second kappa shape index (κ2) is 6.50. The van der Waals surface area contributed by atoms with Gasteiger partial charge in [-0.2, -0.15) is 0 Å². The molecule has 0 aliphatic heterocycles. The van der Waals surface area contributed by atoms with Crippen LogP contribution in [0.15, 0.2) is 34.6 Å². The fourth-order valence-corrected chi connectivity index (χ4v) is 1.71. The van der Waals surface area contributed by atoms with Gasteiger partial charge in [-0.25, -0.2) is 0 Å². The zero-order chi connectivity index (χ0) is 10.2. The maximum Gasteiger partial charge on any atom is 0.109 e. The number of aromatic nitrogens is 1. The highest BCUT2D eigenvalue weighted by Gasteiger charge is 1.98. The van der Waals surface area contributed by atoms with E-state index in [1.165, 1.54) is 7.11 Å². The highest BCUT2D eigenvalue weighted by Crippen LogP contribution is 2.15. The fraction of sp³-hybridized carbons (Fsp3) is 0.222. The average molecular weight is 225 g/mol. The molecule has 0 atom stereocenters. The maximum atomic E-state index is 4.67. The molecule has 0 amide bonds. The van der Waals surface area contributed by atoms with Crippen LogP contribution in [0, 0.1) is 0 Å². The smallest absolute Gasteiger partial charge is 0.109 e. The van der Waals surface area contributed by atoms with Gasteiger partial charge in [0.15, 0.2) is 0 Å². The first kappa shape index (κ1) is 11.1. The van der Waals surface area contributed by atoms with Crippen LogP contribution >= 0.6 is 24.0 Å². The molecule has 73 valence electrons. The molecule has 0 saturated carbocycles. The van der Waals surface area contributed by atoms with Crippen molar-refractivity contribution in [1.29, 1.82) is 0 Å². The van der Waals surface area contributed by atoms with Crippen molar-refractivity contribution in [3.8, 4) is 0 Å². The summed E-state index contributed by atoms with van der Waals surface area (Å²) in [5.41, 5.74) is 0.629. The maximum absolute atomic E-state index is 4.67. The van der Waals surface area contributed by atoms with Crippen LogP contribution in [-0.4, -0.2) is 28.9 Å². The van der Waals surface area contributed by atoms with Crippen LogP contribution in [0.1, 0.15) is 0 Å². The summed E-state index contributed by atoms with van der Waals surface area (Å²) in [4.78, 5) is 9.66. The van der Waals surface area contributed by atoms with Gasteiger partial charge in [0.25, 0.3) is 0 Å². The van der Waals surface area contributed by atoms with Crippen molar-refractivity contribution >= 4 is 35.1 Å². The molecule has 1 aromatic heterocycles. The SMILES string of the molecule is CO/N=C(/[C]=S)CSc1ccncc1. The summed E-state index contributed by atoms with van der Waals surface area (Å²) in [7, 11) is 1.49. The molecule has 0 saturated heterocycles. The van der Waals surface area contributed by atoms with Crippen molar-refractivity contribution < 1.29 is 4.84 Å². The summed E-state index contributed by atoms with van der Waals surface area (Å²) in [6, 6.07) is 3.86. The van der Waals surface area contributed by atoms with Crippen molar-refractivity contribution in [1.82, 2.24) is 4.98 Å². The molecule has 0 unspecified atom stereocenters. The van der Waals surface area contributed by atoms with Gasteiger partial charge in [0.1, 0.15) is 12.8 Å². The minimum atomic E-state index is 0.629. The van der Waals surface area contributed by atoms with E-state index in [1.54, 1.807) is 24.2 Å². The van der Waals surface area contributed by atoms with E-state index >= 15 is 0 Å². The Bertz CT molecular complexity index is 314. The summed E-state index contributed by atoms with van der Waals surface area (Å²) >= 11 is 6.28. The highest BCUT2D eigenvalue weighted by atomic mass is 32.2. The van der Waals surface area contributed by atoms with Gasteiger partial charge in [0.2, 0.25) is 0 Å². The molecule has 1 rings (SSSR count). The summed E-state index contributed by atoms with van der Waals surface area (Å²) in [5, 5.41) is 6.27. The molecule has 14 heavy (non-hydrogen) atoms. The third kappa shape index (κ3) is 3.85. The predicted octanol–water partition coefficient (Wildman–Crippen LogP) is 2.05. The first-order valence-electron chi connectivity index (χ1n) is 3.88. The third-order valence-corrected chi connectivity index (χ3v) is 2.60. The molecular weight excluding hydrogens is 216 g/mol. The molecule has 3 nitrogen and oxygen atoms in total. The molecule has 0 fully saturated rings. The Morgan fingerprint density at radius 3 is 2.93 bits per heavy atom. The molecule has 1 aromatic rings. The molecule has 0 spiro atoms. The van der Waals surface area contributed by atoms with Gasteiger partial charge < -0.3 is 4.84 Å². The van der Waals surface area contributed by atoms with Crippen molar-refractivity contribution in [2.24, 2.45) is 5.16 Å². The van der Waals surface area contributed by atoms with Gasteiger partial charge in [-0.1, -0.05) is 17.4 Å². The number of thioether (sulfide) groups is 1. The highest BCUT2D eigenvalue weighted by molar-refractivity contribution is 8.00. The summed E-state index contributed by atoms with van der Waals surface area (Å²) in [5.74, 6) is 0.654. The Morgan fingerprint density at radius 1 is 1.64 bits per heavy atom. The Morgan fingerprint density at radius 2 is 2.36 bits per heavy atom. The van der Waals surface area contributed by atoms with Crippen LogP contribution in [-0.2, 0) is 4.84 Å². The van der Waals surface area contributed by atoms with Crippen molar-refractivity contribution in [2.75, 3.05) is 12.9 Å². The summed E-state index contributed by atoms with van der Waals surface area (Å²) < 4.78 is 0. The number of nitrogens with zero attached hydrogens (tertiary/aromatic N) is 2. The zero-order valence-corrected chi connectivity index (χ0v) is 9.27. The average Bonchev–Trinajstić information content (AvgIpc) is 2.25. The lowest BCUT2D eigenvalue weighted by molar-refractivity contribution is 0.214. The van der Waals surface area contributed by atoms with E-state index < -0.39 is 0 Å². The summed E-state index contributed by atoms with van der Waals surface area (Å²) in [6.45, 7) is 0. The van der Waals surface area contributed by atoms with E-state index in [2.05, 4.69) is 32.6 Å². The predicted molar refractivity (Wildman–Crippen MR) is 62.0 cm³/mol. The Labute approximate surface area is 92.6 Å². The van der Waals surface area contributed by atoms with E-state index in [9.17, 15) is 0 Å². The van der Waals surface area contributed by atoms with Gasteiger partial charge in [-0.3, -0.25) is 4.98 Å². The minimum Gasteiger partial charge on any atom is -0.399 e. The molecule has 0 aromatic carbocycles.